The van der Waals surface area contributed by atoms with Crippen LogP contribution in [-0.4, -0.2) is 23.0 Å². The molecule has 0 saturated heterocycles. The highest BCUT2D eigenvalue weighted by atomic mass is 79.9. The van der Waals surface area contributed by atoms with E-state index in [1.54, 1.807) is 6.92 Å². The van der Waals surface area contributed by atoms with Gasteiger partial charge in [0.05, 0.1) is 7.11 Å². The Morgan fingerprint density at radius 1 is 1.42 bits per heavy atom. The van der Waals surface area contributed by atoms with Crippen LogP contribution in [0, 0.1) is 6.92 Å². The molecule has 1 aromatic carbocycles. The minimum Gasteiger partial charge on any atom is -0.465 e. The summed E-state index contributed by atoms with van der Waals surface area (Å²) in [4.78, 5) is 19.9. The maximum absolute atomic E-state index is 11.7. The van der Waals surface area contributed by atoms with Gasteiger partial charge in [-0.05, 0) is 25.1 Å². The molecular weight excluding hydrogens is 310 g/mol. The van der Waals surface area contributed by atoms with Crippen LogP contribution in [-0.2, 0) is 4.74 Å². The molecule has 0 fully saturated rings. The Morgan fingerprint density at radius 2 is 2.21 bits per heavy atom. The van der Waals surface area contributed by atoms with Crippen LogP contribution in [0.25, 0.3) is 0 Å². The van der Waals surface area contributed by atoms with Gasteiger partial charge in [-0.15, -0.1) is 0 Å². The van der Waals surface area contributed by atoms with Crippen molar-refractivity contribution in [1.82, 2.24) is 9.97 Å². The molecule has 98 valence electrons. The molecule has 1 N–H and O–H groups in total. The summed E-state index contributed by atoms with van der Waals surface area (Å²) in [6, 6.07) is 7.57. The van der Waals surface area contributed by atoms with Crippen LogP contribution < -0.4 is 5.32 Å². The number of aromatic nitrogens is 2. The number of aryl methyl sites for hydroxylation is 1. The lowest BCUT2D eigenvalue weighted by molar-refractivity contribution is 0.0601. The second-order valence-electron chi connectivity index (χ2n) is 3.81. The van der Waals surface area contributed by atoms with Crippen molar-refractivity contribution in [2.24, 2.45) is 0 Å². The standard InChI is InChI=1S/C13H12BrN3O2/c1-8-15-7-11(13(18)19-2)12(16-8)17-10-5-3-4-9(14)6-10/h3-7H,1-2H3,(H,15,16,17). The van der Waals surface area contributed by atoms with Crippen LogP contribution >= 0.6 is 15.9 Å². The van der Waals surface area contributed by atoms with E-state index in [4.69, 9.17) is 4.74 Å². The highest BCUT2D eigenvalue weighted by molar-refractivity contribution is 9.10. The van der Waals surface area contributed by atoms with Crippen LogP contribution in [0.1, 0.15) is 16.2 Å². The fourth-order valence-corrected chi connectivity index (χ4v) is 1.93. The van der Waals surface area contributed by atoms with Crippen molar-refractivity contribution in [1.29, 1.82) is 0 Å². The zero-order valence-electron chi connectivity index (χ0n) is 10.5. The van der Waals surface area contributed by atoms with E-state index in [0.29, 0.717) is 17.2 Å². The van der Waals surface area contributed by atoms with Gasteiger partial charge in [0.25, 0.3) is 0 Å². The zero-order valence-corrected chi connectivity index (χ0v) is 12.1. The highest BCUT2D eigenvalue weighted by Crippen LogP contribution is 2.22. The first-order valence-corrected chi connectivity index (χ1v) is 6.34. The molecule has 1 aromatic heterocycles. The molecule has 0 saturated carbocycles. The lowest BCUT2D eigenvalue weighted by Gasteiger charge is -2.10. The van der Waals surface area contributed by atoms with Gasteiger partial charge in [-0.25, -0.2) is 14.8 Å². The predicted octanol–water partition coefficient (Wildman–Crippen LogP) is 3.08. The van der Waals surface area contributed by atoms with Gasteiger partial charge in [-0.1, -0.05) is 22.0 Å². The van der Waals surface area contributed by atoms with Crippen molar-refractivity contribution >= 4 is 33.4 Å². The van der Waals surface area contributed by atoms with Crippen molar-refractivity contribution in [2.75, 3.05) is 12.4 Å². The van der Waals surface area contributed by atoms with Crippen LogP contribution in [0.2, 0.25) is 0 Å². The fraction of sp³-hybridized carbons (Fsp3) is 0.154. The van der Waals surface area contributed by atoms with Crippen LogP contribution in [0.3, 0.4) is 0 Å². The van der Waals surface area contributed by atoms with Crippen molar-refractivity contribution < 1.29 is 9.53 Å². The van der Waals surface area contributed by atoms with Crippen molar-refractivity contribution in [3.8, 4) is 0 Å². The lowest BCUT2D eigenvalue weighted by atomic mass is 10.2. The Kier molecular flexibility index (Phi) is 4.11. The summed E-state index contributed by atoms with van der Waals surface area (Å²) in [6.45, 7) is 1.76. The number of methoxy groups -OCH3 is 1. The molecular formula is C13H12BrN3O2. The quantitative estimate of drug-likeness (QED) is 0.880. The lowest BCUT2D eigenvalue weighted by Crippen LogP contribution is -2.09. The molecule has 0 spiro atoms. The van der Waals surface area contributed by atoms with Gasteiger partial charge in [0, 0.05) is 16.4 Å². The van der Waals surface area contributed by atoms with E-state index in [0.717, 1.165) is 10.2 Å². The predicted molar refractivity (Wildman–Crippen MR) is 75.5 cm³/mol. The molecule has 0 bridgehead atoms. The molecule has 2 aromatic rings. The number of nitrogens with zero attached hydrogens (tertiary/aromatic N) is 2. The van der Waals surface area contributed by atoms with Crippen LogP contribution in [0.4, 0.5) is 11.5 Å². The molecule has 1 heterocycles. The number of ether oxygens (including phenoxy) is 1. The van der Waals surface area contributed by atoms with E-state index in [-0.39, 0.29) is 0 Å². The van der Waals surface area contributed by atoms with E-state index < -0.39 is 5.97 Å². The van der Waals surface area contributed by atoms with Crippen molar-refractivity contribution in [3.63, 3.8) is 0 Å². The Balaban J connectivity index is 2.38. The first-order valence-electron chi connectivity index (χ1n) is 5.54. The van der Waals surface area contributed by atoms with E-state index in [9.17, 15) is 4.79 Å². The molecule has 5 nitrogen and oxygen atoms in total. The first kappa shape index (κ1) is 13.5. The Hall–Kier alpha value is -1.95. The normalized spacial score (nSPS) is 10.1. The second kappa shape index (κ2) is 5.79. The van der Waals surface area contributed by atoms with Gasteiger partial charge < -0.3 is 10.1 Å². The molecule has 6 heteroatoms. The maximum atomic E-state index is 11.7. The van der Waals surface area contributed by atoms with Gasteiger partial charge >= 0.3 is 5.97 Å². The molecule has 0 aliphatic heterocycles. The molecule has 0 aliphatic rings. The Morgan fingerprint density at radius 3 is 2.89 bits per heavy atom. The average molecular weight is 322 g/mol. The zero-order chi connectivity index (χ0) is 13.8. The third kappa shape index (κ3) is 3.29. The topological polar surface area (TPSA) is 64.1 Å². The number of carbonyl (C=O) groups is 1. The van der Waals surface area contributed by atoms with Gasteiger partial charge in [-0.3, -0.25) is 0 Å². The molecule has 0 radical (unpaired) electrons. The molecule has 2 rings (SSSR count). The van der Waals surface area contributed by atoms with Gasteiger partial charge in [0.15, 0.2) is 0 Å². The number of carbonyl (C=O) groups excluding carboxylic acids is 1. The molecule has 0 aliphatic carbocycles. The summed E-state index contributed by atoms with van der Waals surface area (Å²) in [6.07, 6.45) is 1.45. The molecule has 19 heavy (non-hydrogen) atoms. The number of esters is 1. The van der Waals surface area contributed by atoms with E-state index in [1.165, 1.54) is 13.3 Å². The average Bonchev–Trinajstić information content (AvgIpc) is 2.38. The third-order valence-electron chi connectivity index (χ3n) is 2.40. The summed E-state index contributed by atoms with van der Waals surface area (Å²) in [5, 5.41) is 3.09. The van der Waals surface area contributed by atoms with Crippen LogP contribution in [0.15, 0.2) is 34.9 Å². The largest absolute Gasteiger partial charge is 0.465 e. The maximum Gasteiger partial charge on any atom is 0.343 e. The monoisotopic (exact) mass is 321 g/mol. The summed E-state index contributed by atoms with van der Waals surface area (Å²) in [5.74, 6) is 0.528. The molecule has 0 atom stereocenters. The number of benzene rings is 1. The van der Waals surface area contributed by atoms with Crippen molar-refractivity contribution in [3.05, 3.63) is 46.3 Å². The Bertz CT molecular complexity index is 617. The number of nitrogens with one attached hydrogen (secondary N) is 1. The smallest absolute Gasteiger partial charge is 0.343 e. The molecule has 0 unspecified atom stereocenters. The second-order valence-corrected chi connectivity index (χ2v) is 4.72. The number of rotatable bonds is 3. The van der Waals surface area contributed by atoms with Gasteiger partial charge in [-0.2, -0.15) is 0 Å². The SMILES string of the molecule is COC(=O)c1cnc(C)nc1Nc1cccc(Br)c1. The minimum absolute atomic E-state index is 0.299. The number of hydrogen-bond acceptors (Lipinski definition) is 5. The number of halogens is 1. The first-order chi connectivity index (χ1) is 9.10. The van der Waals surface area contributed by atoms with Crippen molar-refractivity contribution in [2.45, 2.75) is 6.92 Å². The van der Waals surface area contributed by atoms with E-state index in [1.807, 2.05) is 24.3 Å². The van der Waals surface area contributed by atoms with Gasteiger partial charge in [0.2, 0.25) is 0 Å². The van der Waals surface area contributed by atoms with E-state index in [2.05, 4.69) is 31.2 Å². The minimum atomic E-state index is -0.475. The van der Waals surface area contributed by atoms with E-state index >= 15 is 0 Å². The molecule has 0 amide bonds. The summed E-state index contributed by atoms with van der Waals surface area (Å²) >= 11 is 3.39. The summed E-state index contributed by atoms with van der Waals surface area (Å²) in [7, 11) is 1.32. The number of anilines is 2. The highest BCUT2D eigenvalue weighted by Gasteiger charge is 2.14. The number of hydrogen-bond donors (Lipinski definition) is 1. The summed E-state index contributed by atoms with van der Waals surface area (Å²) < 4.78 is 5.64. The van der Waals surface area contributed by atoms with Crippen LogP contribution in [0.5, 0.6) is 0 Å². The summed E-state index contributed by atoms with van der Waals surface area (Å²) in [5.41, 5.74) is 1.12. The third-order valence-corrected chi connectivity index (χ3v) is 2.90. The Labute approximate surface area is 119 Å². The van der Waals surface area contributed by atoms with Gasteiger partial charge in [0.1, 0.15) is 17.2 Å². The fourth-order valence-electron chi connectivity index (χ4n) is 1.53.